The zero-order valence-corrected chi connectivity index (χ0v) is 11.9. The van der Waals surface area contributed by atoms with Crippen LogP contribution in [0.4, 0.5) is 0 Å². The van der Waals surface area contributed by atoms with Gasteiger partial charge in [0, 0.05) is 37.4 Å². The van der Waals surface area contributed by atoms with Gasteiger partial charge in [0.2, 0.25) is 5.91 Å². The van der Waals surface area contributed by atoms with Gasteiger partial charge < -0.3 is 11.1 Å². The standard InChI is InChI=1S/C13H24N4O/c1-12(2,13(3,4)14)11(18)15-8-6-10-7-9-16-17(10)5/h7,9H,6,8,14H2,1-5H3,(H,15,18). The Hall–Kier alpha value is -1.36. The van der Waals surface area contributed by atoms with Crippen LogP contribution in [-0.2, 0) is 18.3 Å². The number of hydrogen-bond acceptors (Lipinski definition) is 3. The number of hydrogen-bond donors (Lipinski definition) is 2. The van der Waals surface area contributed by atoms with Gasteiger partial charge >= 0.3 is 0 Å². The van der Waals surface area contributed by atoms with Gasteiger partial charge in [0.25, 0.3) is 0 Å². The Morgan fingerprint density at radius 3 is 2.50 bits per heavy atom. The average molecular weight is 252 g/mol. The molecule has 0 unspecified atom stereocenters. The van der Waals surface area contributed by atoms with Gasteiger partial charge in [-0.25, -0.2) is 0 Å². The molecule has 0 spiro atoms. The Kier molecular flexibility index (Phi) is 4.16. The highest BCUT2D eigenvalue weighted by molar-refractivity contribution is 5.83. The molecule has 0 atom stereocenters. The highest BCUT2D eigenvalue weighted by Crippen LogP contribution is 2.28. The maximum atomic E-state index is 12.1. The van der Waals surface area contributed by atoms with Crippen molar-refractivity contribution in [2.24, 2.45) is 18.2 Å². The van der Waals surface area contributed by atoms with Crippen LogP contribution in [0.15, 0.2) is 12.3 Å². The van der Waals surface area contributed by atoms with Crippen LogP contribution in [0.3, 0.4) is 0 Å². The van der Waals surface area contributed by atoms with Gasteiger partial charge in [-0.1, -0.05) is 0 Å². The third-order valence-corrected chi connectivity index (χ3v) is 3.77. The Bertz CT molecular complexity index is 415. The summed E-state index contributed by atoms with van der Waals surface area (Å²) in [6, 6.07) is 1.95. The largest absolute Gasteiger partial charge is 0.355 e. The molecule has 0 aromatic carbocycles. The Morgan fingerprint density at radius 2 is 2.06 bits per heavy atom. The third kappa shape index (κ3) is 3.10. The summed E-state index contributed by atoms with van der Waals surface area (Å²) in [5.41, 5.74) is 5.98. The summed E-state index contributed by atoms with van der Waals surface area (Å²) < 4.78 is 1.81. The number of rotatable bonds is 5. The third-order valence-electron chi connectivity index (χ3n) is 3.77. The summed E-state index contributed by atoms with van der Waals surface area (Å²) in [5.74, 6) is -0.0165. The van der Waals surface area contributed by atoms with Crippen molar-refractivity contribution in [3.63, 3.8) is 0 Å². The Balaban J connectivity index is 2.50. The SMILES string of the molecule is Cn1nccc1CCNC(=O)C(C)(C)C(C)(C)N. The van der Waals surface area contributed by atoms with Crippen LogP contribution >= 0.6 is 0 Å². The molecule has 1 amide bonds. The van der Waals surface area contributed by atoms with Crippen LogP contribution in [0.5, 0.6) is 0 Å². The molecule has 0 aliphatic heterocycles. The Labute approximate surface area is 109 Å². The molecular formula is C13H24N4O. The molecule has 5 heteroatoms. The number of carbonyl (C=O) groups excluding carboxylic acids is 1. The monoisotopic (exact) mass is 252 g/mol. The van der Waals surface area contributed by atoms with Gasteiger partial charge in [0.15, 0.2) is 0 Å². The number of carbonyl (C=O) groups is 1. The highest BCUT2D eigenvalue weighted by atomic mass is 16.2. The molecule has 0 radical (unpaired) electrons. The van der Waals surface area contributed by atoms with E-state index < -0.39 is 11.0 Å². The van der Waals surface area contributed by atoms with Crippen molar-refractivity contribution in [1.29, 1.82) is 0 Å². The van der Waals surface area contributed by atoms with Gasteiger partial charge in [-0.05, 0) is 33.8 Å². The first-order valence-electron chi connectivity index (χ1n) is 6.20. The van der Waals surface area contributed by atoms with E-state index in [0.29, 0.717) is 6.54 Å². The molecule has 1 aromatic heterocycles. The topological polar surface area (TPSA) is 72.9 Å². The normalized spacial score (nSPS) is 12.6. The smallest absolute Gasteiger partial charge is 0.227 e. The van der Waals surface area contributed by atoms with Crippen molar-refractivity contribution in [3.8, 4) is 0 Å². The molecule has 18 heavy (non-hydrogen) atoms. The first kappa shape index (κ1) is 14.7. The second-order valence-corrected chi connectivity index (χ2v) is 5.80. The molecule has 1 aromatic rings. The second-order valence-electron chi connectivity index (χ2n) is 5.80. The minimum atomic E-state index is -0.598. The summed E-state index contributed by atoms with van der Waals surface area (Å²) in [7, 11) is 1.89. The van der Waals surface area contributed by atoms with Crippen LogP contribution in [-0.4, -0.2) is 27.8 Å². The van der Waals surface area contributed by atoms with E-state index in [1.807, 2.05) is 45.5 Å². The number of nitrogens with zero attached hydrogens (tertiary/aromatic N) is 2. The van der Waals surface area contributed by atoms with Crippen LogP contribution in [0.25, 0.3) is 0 Å². The summed E-state index contributed by atoms with van der Waals surface area (Å²) >= 11 is 0. The number of nitrogens with one attached hydrogen (secondary N) is 1. The van der Waals surface area contributed by atoms with Gasteiger partial charge in [-0.2, -0.15) is 5.10 Å². The molecule has 5 nitrogen and oxygen atoms in total. The number of amides is 1. The molecule has 0 aliphatic carbocycles. The molecule has 1 heterocycles. The predicted octanol–water partition coefficient (Wildman–Crippen LogP) is 0.842. The predicted molar refractivity (Wildman–Crippen MR) is 72.0 cm³/mol. The maximum Gasteiger partial charge on any atom is 0.227 e. The Morgan fingerprint density at radius 1 is 1.44 bits per heavy atom. The molecule has 1 rings (SSSR count). The van der Waals surface area contributed by atoms with Crippen molar-refractivity contribution in [2.75, 3.05) is 6.54 Å². The van der Waals surface area contributed by atoms with Gasteiger partial charge in [-0.15, -0.1) is 0 Å². The van der Waals surface area contributed by atoms with E-state index in [2.05, 4.69) is 10.4 Å². The fourth-order valence-electron chi connectivity index (χ4n) is 1.46. The molecule has 102 valence electrons. The second kappa shape index (κ2) is 5.10. The maximum absolute atomic E-state index is 12.1. The fraction of sp³-hybridized carbons (Fsp3) is 0.692. The lowest BCUT2D eigenvalue weighted by Gasteiger charge is -2.36. The van der Waals surface area contributed by atoms with Crippen LogP contribution in [0, 0.1) is 5.41 Å². The quantitative estimate of drug-likeness (QED) is 0.815. The van der Waals surface area contributed by atoms with Crippen LogP contribution in [0.1, 0.15) is 33.4 Å². The van der Waals surface area contributed by atoms with Gasteiger partial charge in [-0.3, -0.25) is 9.48 Å². The van der Waals surface area contributed by atoms with Crippen molar-refractivity contribution >= 4 is 5.91 Å². The molecule has 0 saturated carbocycles. The first-order chi connectivity index (χ1) is 8.16. The van der Waals surface area contributed by atoms with E-state index >= 15 is 0 Å². The molecule has 0 bridgehead atoms. The average Bonchev–Trinajstić information content (AvgIpc) is 2.62. The molecular weight excluding hydrogens is 228 g/mol. The lowest BCUT2D eigenvalue weighted by molar-refractivity contribution is -0.132. The number of aromatic nitrogens is 2. The highest BCUT2D eigenvalue weighted by Gasteiger charge is 2.40. The fourth-order valence-corrected chi connectivity index (χ4v) is 1.46. The minimum absolute atomic E-state index is 0.0165. The number of nitrogens with two attached hydrogens (primary N) is 1. The number of aryl methyl sites for hydroxylation is 1. The minimum Gasteiger partial charge on any atom is -0.355 e. The summed E-state index contributed by atoms with van der Waals surface area (Å²) in [6.45, 7) is 8.07. The van der Waals surface area contributed by atoms with Crippen molar-refractivity contribution in [3.05, 3.63) is 18.0 Å². The van der Waals surface area contributed by atoms with E-state index in [0.717, 1.165) is 12.1 Å². The van der Waals surface area contributed by atoms with Crippen LogP contribution < -0.4 is 11.1 Å². The molecule has 0 fully saturated rings. The zero-order chi connectivity index (χ0) is 14.0. The molecule has 0 aliphatic rings. The van der Waals surface area contributed by atoms with Crippen molar-refractivity contribution in [2.45, 2.75) is 39.7 Å². The van der Waals surface area contributed by atoms with Crippen molar-refractivity contribution in [1.82, 2.24) is 15.1 Å². The molecule has 0 saturated heterocycles. The van der Waals surface area contributed by atoms with Crippen molar-refractivity contribution < 1.29 is 4.79 Å². The van der Waals surface area contributed by atoms with E-state index in [9.17, 15) is 4.79 Å². The van der Waals surface area contributed by atoms with E-state index in [1.54, 1.807) is 6.20 Å². The van der Waals surface area contributed by atoms with Crippen LogP contribution in [0.2, 0.25) is 0 Å². The first-order valence-corrected chi connectivity index (χ1v) is 6.20. The summed E-state index contributed by atoms with van der Waals surface area (Å²) in [4.78, 5) is 12.1. The van der Waals surface area contributed by atoms with E-state index in [-0.39, 0.29) is 5.91 Å². The van der Waals surface area contributed by atoms with E-state index in [4.69, 9.17) is 5.73 Å². The lowest BCUT2D eigenvalue weighted by Crippen LogP contribution is -2.55. The van der Waals surface area contributed by atoms with Gasteiger partial charge in [0.1, 0.15) is 0 Å². The zero-order valence-electron chi connectivity index (χ0n) is 11.9. The lowest BCUT2D eigenvalue weighted by atomic mass is 9.74. The van der Waals surface area contributed by atoms with E-state index in [1.165, 1.54) is 0 Å². The summed E-state index contributed by atoms with van der Waals surface area (Å²) in [6.07, 6.45) is 2.52. The summed E-state index contributed by atoms with van der Waals surface area (Å²) in [5, 5.41) is 7.02. The van der Waals surface area contributed by atoms with Gasteiger partial charge in [0.05, 0.1) is 5.41 Å². The molecule has 3 N–H and O–H groups in total.